The van der Waals surface area contributed by atoms with E-state index in [-0.39, 0.29) is 30.2 Å². The monoisotopic (exact) mass is 351 g/mol. The molecule has 0 radical (unpaired) electrons. The molecule has 2 aromatic rings. The predicted molar refractivity (Wildman–Crippen MR) is 103 cm³/mol. The van der Waals surface area contributed by atoms with Crippen LogP contribution >= 0.6 is 0 Å². The van der Waals surface area contributed by atoms with Crippen LogP contribution in [0.3, 0.4) is 0 Å². The molecule has 26 heavy (non-hydrogen) atoms. The fourth-order valence-electron chi connectivity index (χ4n) is 3.22. The SMILES string of the molecule is CCc1ccc(N2CC(C(=O)NCC(N)c3ccccc3)CC2=O)cc1. The van der Waals surface area contributed by atoms with Crippen molar-refractivity contribution in [3.8, 4) is 0 Å². The minimum atomic E-state index is -0.337. The van der Waals surface area contributed by atoms with Crippen molar-refractivity contribution in [3.63, 3.8) is 0 Å². The summed E-state index contributed by atoms with van der Waals surface area (Å²) in [5, 5.41) is 2.89. The van der Waals surface area contributed by atoms with Crippen molar-refractivity contribution < 1.29 is 9.59 Å². The topological polar surface area (TPSA) is 75.4 Å². The Kier molecular flexibility index (Phi) is 5.68. The maximum atomic E-state index is 12.5. The maximum absolute atomic E-state index is 12.5. The van der Waals surface area contributed by atoms with E-state index < -0.39 is 0 Å². The highest BCUT2D eigenvalue weighted by Crippen LogP contribution is 2.25. The van der Waals surface area contributed by atoms with Crippen LogP contribution in [0.15, 0.2) is 54.6 Å². The Balaban J connectivity index is 1.56. The summed E-state index contributed by atoms with van der Waals surface area (Å²) in [7, 11) is 0. The van der Waals surface area contributed by atoms with Crippen LogP contribution in [0.4, 0.5) is 5.69 Å². The lowest BCUT2D eigenvalue weighted by Gasteiger charge is -2.18. The number of carbonyl (C=O) groups excluding carboxylic acids is 2. The molecule has 1 heterocycles. The molecule has 2 atom stereocenters. The van der Waals surface area contributed by atoms with E-state index in [1.54, 1.807) is 4.90 Å². The lowest BCUT2D eigenvalue weighted by Crippen LogP contribution is -2.37. The fraction of sp³-hybridized carbons (Fsp3) is 0.333. The Morgan fingerprint density at radius 3 is 2.54 bits per heavy atom. The molecule has 136 valence electrons. The quantitative estimate of drug-likeness (QED) is 0.839. The first kappa shape index (κ1) is 18.1. The first-order valence-corrected chi connectivity index (χ1v) is 9.06. The molecule has 2 aromatic carbocycles. The fourth-order valence-corrected chi connectivity index (χ4v) is 3.22. The number of hydrogen-bond acceptors (Lipinski definition) is 3. The highest BCUT2D eigenvalue weighted by molar-refractivity contribution is 6.00. The number of amides is 2. The molecule has 1 aliphatic heterocycles. The second-order valence-electron chi connectivity index (χ2n) is 6.69. The van der Waals surface area contributed by atoms with Crippen LogP contribution in [-0.4, -0.2) is 24.9 Å². The molecule has 0 bridgehead atoms. The maximum Gasteiger partial charge on any atom is 0.227 e. The highest BCUT2D eigenvalue weighted by atomic mass is 16.2. The number of aryl methyl sites for hydroxylation is 1. The Hall–Kier alpha value is -2.66. The van der Waals surface area contributed by atoms with Crippen molar-refractivity contribution in [2.75, 3.05) is 18.0 Å². The van der Waals surface area contributed by atoms with Gasteiger partial charge >= 0.3 is 0 Å². The molecule has 5 nitrogen and oxygen atoms in total. The number of nitrogens with two attached hydrogens (primary N) is 1. The lowest BCUT2D eigenvalue weighted by molar-refractivity contribution is -0.126. The van der Waals surface area contributed by atoms with Gasteiger partial charge < -0.3 is 16.0 Å². The Labute approximate surface area is 154 Å². The first-order valence-electron chi connectivity index (χ1n) is 9.06. The Morgan fingerprint density at radius 1 is 1.19 bits per heavy atom. The first-order chi connectivity index (χ1) is 12.6. The van der Waals surface area contributed by atoms with E-state index in [1.165, 1.54) is 5.56 Å². The van der Waals surface area contributed by atoms with Gasteiger partial charge in [-0.15, -0.1) is 0 Å². The van der Waals surface area contributed by atoms with Crippen molar-refractivity contribution in [1.82, 2.24) is 5.32 Å². The minimum Gasteiger partial charge on any atom is -0.354 e. The van der Waals surface area contributed by atoms with Crippen LogP contribution in [-0.2, 0) is 16.0 Å². The van der Waals surface area contributed by atoms with Crippen LogP contribution < -0.4 is 16.0 Å². The number of nitrogens with zero attached hydrogens (tertiary/aromatic N) is 1. The average Bonchev–Trinajstić information content (AvgIpc) is 3.08. The van der Waals surface area contributed by atoms with Gasteiger partial charge in [0.2, 0.25) is 11.8 Å². The number of hydrogen-bond donors (Lipinski definition) is 2. The van der Waals surface area contributed by atoms with Crippen molar-refractivity contribution in [3.05, 3.63) is 65.7 Å². The number of anilines is 1. The molecule has 0 saturated carbocycles. The van der Waals surface area contributed by atoms with Crippen LogP contribution in [0, 0.1) is 5.92 Å². The van der Waals surface area contributed by atoms with Gasteiger partial charge in [0.15, 0.2) is 0 Å². The van der Waals surface area contributed by atoms with E-state index in [2.05, 4.69) is 12.2 Å². The summed E-state index contributed by atoms with van der Waals surface area (Å²) in [6.45, 7) is 2.87. The third kappa shape index (κ3) is 4.11. The number of nitrogens with one attached hydrogen (secondary N) is 1. The van der Waals surface area contributed by atoms with Gasteiger partial charge in [-0.25, -0.2) is 0 Å². The van der Waals surface area contributed by atoms with Crippen molar-refractivity contribution in [1.29, 1.82) is 0 Å². The third-order valence-electron chi connectivity index (χ3n) is 4.88. The van der Waals surface area contributed by atoms with Gasteiger partial charge in [0.05, 0.1) is 5.92 Å². The van der Waals surface area contributed by atoms with E-state index in [0.717, 1.165) is 17.7 Å². The summed E-state index contributed by atoms with van der Waals surface area (Å²) in [5.41, 5.74) is 9.18. The molecule has 1 fully saturated rings. The second-order valence-corrected chi connectivity index (χ2v) is 6.69. The van der Waals surface area contributed by atoms with E-state index >= 15 is 0 Å². The van der Waals surface area contributed by atoms with Crippen LogP contribution in [0.5, 0.6) is 0 Å². The second kappa shape index (κ2) is 8.15. The van der Waals surface area contributed by atoms with Gasteiger partial charge in [0.25, 0.3) is 0 Å². The normalized spacial score (nSPS) is 18.0. The van der Waals surface area contributed by atoms with Gasteiger partial charge in [0.1, 0.15) is 0 Å². The van der Waals surface area contributed by atoms with Crippen molar-refractivity contribution in [2.45, 2.75) is 25.8 Å². The standard InChI is InChI=1S/C21H25N3O2/c1-2-15-8-10-18(11-9-15)24-14-17(12-20(24)25)21(26)23-13-19(22)16-6-4-3-5-7-16/h3-11,17,19H,2,12-14,22H2,1H3,(H,23,26). The van der Waals surface area contributed by atoms with Crippen LogP contribution in [0.2, 0.25) is 0 Å². The molecule has 1 aliphatic rings. The van der Waals surface area contributed by atoms with E-state index in [1.807, 2.05) is 54.6 Å². The van der Waals surface area contributed by atoms with E-state index in [0.29, 0.717) is 13.1 Å². The van der Waals surface area contributed by atoms with Crippen LogP contribution in [0.1, 0.15) is 30.5 Å². The largest absolute Gasteiger partial charge is 0.354 e. The molecule has 3 rings (SSSR count). The van der Waals surface area contributed by atoms with Gasteiger partial charge in [-0.3, -0.25) is 9.59 Å². The summed E-state index contributed by atoms with van der Waals surface area (Å²) in [4.78, 5) is 26.5. The third-order valence-corrected chi connectivity index (χ3v) is 4.88. The van der Waals surface area contributed by atoms with Crippen molar-refractivity contribution in [2.24, 2.45) is 11.7 Å². The summed E-state index contributed by atoms with van der Waals surface area (Å²) in [6.07, 6.45) is 1.20. The lowest BCUT2D eigenvalue weighted by atomic mass is 10.1. The molecule has 3 N–H and O–H groups in total. The van der Waals surface area contributed by atoms with Gasteiger partial charge in [-0.1, -0.05) is 49.4 Å². The number of rotatable bonds is 6. The molecular formula is C21H25N3O2. The molecule has 1 saturated heterocycles. The van der Waals surface area contributed by atoms with E-state index in [4.69, 9.17) is 5.73 Å². The van der Waals surface area contributed by atoms with E-state index in [9.17, 15) is 9.59 Å². The predicted octanol–water partition coefficient (Wildman–Crippen LogP) is 2.42. The summed E-state index contributed by atoms with van der Waals surface area (Å²) < 4.78 is 0. The number of benzene rings is 2. The van der Waals surface area contributed by atoms with Crippen molar-refractivity contribution >= 4 is 17.5 Å². The molecule has 0 aliphatic carbocycles. The zero-order valence-corrected chi connectivity index (χ0v) is 15.0. The Bertz CT molecular complexity index is 759. The molecule has 5 heteroatoms. The van der Waals surface area contributed by atoms with Gasteiger partial charge in [-0.05, 0) is 29.7 Å². The molecular weight excluding hydrogens is 326 g/mol. The average molecular weight is 351 g/mol. The van der Waals surface area contributed by atoms with Gasteiger partial charge in [-0.2, -0.15) is 0 Å². The number of carbonyl (C=O) groups is 2. The smallest absolute Gasteiger partial charge is 0.227 e. The highest BCUT2D eigenvalue weighted by Gasteiger charge is 2.35. The molecule has 0 aromatic heterocycles. The summed E-state index contributed by atoms with van der Waals surface area (Å²) >= 11 is 0. The summed E-state index contributed by atoms with van der Waals surface area (Å²) in [5.74, 6) is -0.463. The van der Waals surface area contributed by atoms with Crippen LogP contribution in [0.25, 0.3) is 0 Å². The molecule has 0 spiro atoms. The summed E-state index contributed by atoms with van der Waals surface area (Å²) in [6, 6.07) is 17.3. The zero-order valence-electron chi connectivity index (χ0n) is 15.0. The molecule has 2 unspecified atom stereocenters. The molecule has 2 amide bonds. The minimum absolute atomic E-state index is 0.0123. The Morgan fingerprint density at radius 2 is 1.88 bits per heavy atom. The van der Waals surface area contributed by atoms with Gasteiger partial charge in [0, 0.05) is 31.2 Å². The zero-order chi connectivity index (χ0) is 18.5.